The summed E-state index contributed by atoms with van der Waals surface area (Å²) in [5, 5.41) is -0.669. The largest absolute Gasteiger partial charge is 0.323 e. The van der Waals surface area contributed by atoms with Crippen LogP contribution in [-0.4, -0.2) is 13.7 Å². The summed E-state index contributed by atoms with van der Waals surface area (Å²) in [4.78, 5) is 0.128. The lowest BCUT2D eigenvalue weighted by atomic mass is 9.88. The molecule has 2 aromatic rings. The molecule has 3 nitrogen and oxygen atoms in total. The summed E-state index contributed by atoms with van der Waals surface area (Å²) < 4.78 is 38.4. The van der Waals surface area contributed by atoms with E-state index >= 15 is 0 Å². The average Bonchev–Trinajstić information content (AvgIpc) is 2.48. The van der Waals surface area contributed by atoms with Gasteiger partial charge in [0.1, 0.15) is 5.82 Å². The molecular formula is C16H16FNO2S. The number of nitrogens with two attached hydrogens (primary N) is 1. The van der Waals surface area contributed by atoms with Crippen molar-refractivity contribution in [2.45, 2.75) is 29.0 Å². The zero-order chi connectivity index (χ0) is 15.0. The molecule has 0 fully saturated rings. The van der Waals surface area contributed by atoms with Crippen molar-refractivity contribution in [1.82, 2.24) is 0 Å². The van der Waals surface area contributed by atoms with Gasteiger partial charge < -0.3 is 5.73 Å². The number of benzene rings is 2. The van der Waals surface area contributed by atoms with Crippen LogP contribution in [0, 0.1) is 5.82 Å². The van der Waals surface area contributed by atoms with Crippen LogP contribution >= 0.6 is 0 Å². The summed E-state index contributed by atoms with van der Waals surface area (Å²) in [6.07, 6.45) is 1.17. The van der Waals surface area contributed by atoms with Crippen molar-refractivity contribution < 1.29 is 12.8 Å². The quantitative estimate of drug-likeness (QED) is 0.868. The average molecular weight is 305 g/mol. The third kappa shape index (κ3) is 2.47. The molecule has 0 radical (unpaired) electrons. The van der Waals surface area contributed by atoms with Crippen molar-refractivity contribution in [3.63, 3.8) is 0 Å². The number of halogens is 1. The number of hydrogen-bond acceptors (Lipinski definition) is 3. The van der Waals surface area contributed by atoms with E-state index in [9.17, 15) is 12.8 Å². The van der Waals surface area contributed by atoms with Gasteiger partial charge in [-0.2, -0.15) is 0 Å². The molecule has 3 rings (SSSR count). The van der Waals surface area contributed by atoms with Gasteiger partial charge in [0, 0.05) is 6.04 Å². The summed E-state index contributed by atoms with van der Waals surface area (Å²) in [5.41, 5.74) is 8.19. The zero-order valence-corrected chi connectivity index (χ0v) is 12.2. The molecule has 0 bridgehead atoms. The Hall–Kier alpha value is -1.72. The van der Waals surface area contributed by atoms with Crippen molar-refractivity contribution in [2.24, 2.45) is 5.73 Å². The lowest BCUT2D eigenvalue weighted by Crippen LogP contribution is -2.37. The smallest absolute Gasteiger partial charge is 0.183 e. The number of rotatable bonds is 2. The monoisotopic (exact) mass is 305 g/mol. The van der Waals surface area contributed by atoms with Gasteiger partial charge in [-0.05, 0) is 48.2 Å². The van der Waals surface area contributed by atoms with Crippen LogP contribution < -0.4 is 5.73 Å². The summed E-state index contributed by atoms with van der Waals surface area (Å²) in [5.74, 6) is -0.452. The van der Waals surface area contributed by atoms with Gasteiger partial charge >= 0.3 is 0 Å². The van der Waals surface area contributed by atoms with Gasteiger partial charge in [-0.1, -0.05) is 24.3 Å². The van der Waals surface area contributed by atoms with E-state index in [1.807, 2.05) is 24.3 Å². The lowest BCUT2D eigenvalue weighted by molar-refractivity contribution is 0.521. The maximum absolute atomic E-state index is 13.0. The van der Waals surface area contributed by atoms with Crippen molar-refractivity contribution in [2.75, 3.05) is 0 Å². The van der Waals surface area contributed by atoms with Crippen LogP contribution in [0.4, 0.5) is 4.39 Å². The normalized spacial score (nSPS) is 21.8. The molecule has 0 heterocycles. The molecule has 21 heavy (non-hydrogen) atoms. The maximum Gasteiger partial charge on any atom is 0.183 e. The van der Waals surface area contributed by atoms with E-state index in [1.165, 1.54) is 12.1 Å². The van der Waals surface area contributed by atoms with Crippen LogP contribution in [0.3, 0.4) is 0 Å². The fraction of sp³-hybridized carbons (Fsp3) is 0.250. The van der Waals surface area contributed by atoms with Gasteiger partial charge in [-0.15, -0.1) is 0 Å². The van der Waals surface area contributed by atoms with Gasteiger partial charge in [0.05, 0.1) is 10.1 Å². The summed E-state index contributed by atoms with van der Waals surface area (Å²) in [7, 11) is -3.56. The molecule has 2 aromatic carbocycles. The molecular weight excluding hydrogens is 289 g/mol. The Bertz CT molecular complexity index is 756. The topological polar surface area (TPSA) is 60.2 Å². The minimum Gasteiger partial charge on any atom is -0.323 e. The molecule has 2 unspecified atom stereocenters. The maximum atomic E-state index is 13.0. The standard InChI is InChI=1S/C16H16FNO2S/c17-12-6-8-13(9-7-12)21(19,20)15-10-5-11-3-1-2-4-14(11)16(15)18/h1-4,6-9,15-16H,5,10,18H2. The molecule has 0 aromatic heterocycles. The highest BCUT2D eigenvalue weighted by Crippen LogP contribution is 2.35. The molecule has 0 aliphatic heterocycles. The molecule has 0 saturated heterocycles. The van der Waals surface area contributed by atoms with Gasteiger partial charge in [-0.25, -0.2) is 12.8 Å². The van der Waals surface area contributed by atoms with E-state index in [4.69, 9.17) is 5.73 Å². The fourth-order valence-corrected chi connectivity index (χ4v) is 4.74. The molecule has 0 amide bonds. The van der Waals surface area contributed by atoms with Crippen LogP contribution in [0.15, 0.2) is 53.4 Å². The molecule has 1 aliphatic carbocycles. The molecule has 2 atom stereocenters. The highest BCUT2D eigenvalue weighted by atomic mass is 32.2. The second kappa shape index (κ2) is 5.24. The van der Waals surface area contributed by atoms with E-state index in [-0.39, 0.29) is 4.90 Å². The number of sulfone groups is 1. The van der Waals surface area contributed by atoms with Crippen molar-refractivity contribution in [3.05, 3.63) is 65.5 Å². The predicted molar refractivity (Wildman–Crippen MR) is 79.1 cm³/mol. The molecule has 110 valence electrons. The molecule has 2 N–H and O–H groups in total. The SMILES string of the molecule is NC1c2ccccc2CCC1S(=O)(=O)c1ccc(F)cc1. The zero-order valence-electron chi connectivity index (χ0n) is 11.4. The van der Waals surface area contributed by atoms with Crippen molar-refractivity contribution >= 4 is 9.84 Å². The number of hydrogen-bond donors (Lipinski definition) is 1. The summed E-state index contributed by atoms with van der Waals surface area (Å²) >= 11 is 0. The van der Waals surface area contributed by atoms with Crippen LogP contribution in [0.25, 0.3) is 0 Å². The predicted octanol–water partition coefficient (Wildman–Crippen LogP) is 2.61. The second-order valence-corrected chi connectivity index (χ2v) is 7.47. The molecule has 1 aliphatic rings. The highest BCUT2D eigenvalue weighted by Gasteiger charge is 2.37. The van der Waals surface area contributed by atoms with E-state index in [1.54, 1.807) is 0 Å². The number of aryl methyl sites for hydroxylation is 1. The molecule has 5 heteroatoms. The van der Waals surface area contributed by atoms with Crippen molar-refractivity contribution in [1.29, 1.82) is 0 Å². The Morgan fingerprint density at radius 1 is 1.05 bits per heavy atom. The highest BCUT2D eigenvalue weighted by molar-refractivity contribution is 7.92. The number of fused-ring (bicyclic) bond motifs is 1. The fourth-order valence-electron chi connectivity index (χ4n) is 2.91. The van der Waals surface area contributed by atoms with Crippen molar-refractivity contribution in [3.8, 4) is 0 Å². The Morgan fingerprint density at radius 3 is 2.43 bits per heavy atom. The first-order chi connectivity index (χ1) is 10.00. The first kappa shape index (κ1) is 14.2. The van der Waals surface area contributed by atoms with E-state index in [0.717, 1.165) is 23.3 Å². The minimum atomic E-state index is -3.56. The van der Waals surface area contributed by atoms with Crippen LogP contribution in [0.5, 0.6) is 0 Å². The van der Waals surface area contributed by atoms with E-state index in [2.05, 4.69) is 0 Å². The molecule has 0 spiro atoms. The van der Waals surface area contributed by atoms with Crippen LogP contribution in [-0.2, 0) is 16.3 Å². The van der Waals surface area contributed by atoms with E-state index < -0.39 is 26.9 Å². The summed E-state index contributed by atoms with van der Waals surface area (Å²) in [6, 6.07) is 12.0. The summed E-state index contributed by atoms with van der Waals surface area (Å²) in [6.45, 7) is 0. The molecule has 0 saturated carbocycles. The van der Waals surface area contributed by atoms with Gasteiger partial charge in [0.2, 0.25) is 0 Å². The van der Waals surface area contributed by atoms with Crippen LogP contribution in [0.2, 0.25) is 0 Å². The second-order valence-electron chi connectivity index (χ2n) is 5.30. The first-order valence-electron chi connectivity index (χ1n) is 6.83. The lowest BCUT2D eigenvalue weighted by Gasteiger charge is -2.30. The van der Waals surface area contributed by atoms with Crippen LogP contribution in [0.1, 0.15) is 23.6 Å². The third-order valence-electron chi connectivity index (χ3n) is 4.05. The van der Waals surface area contributed by atoms with Gasteiger partial charge in [-0.3, -0.25) is 0 Å². The Morgan fingerprint density at radius 2 is 1.71 bits per heavy atom. The van der Waals surface area contributed by atoms with Gasteiger partial charge in [0.15, 0.2) is 9.84 Å². The Labute approximate surface area is 123 Å². The van der Waals surface area contributed by atoms with E-state index in [0.29, 0.717) is 12.8 Å². The Balaban J connectivity index is 1.99. The third-order valence-corrected chi connectivity index (χ3v) is 6.31. The first-order valence-corrected chi connectivity index (χ1v) is 8.37. The minimum absolute atomic E-state index is 0.128. The Kier molecular flexibility index (Phi) is 3.55. The van der Waals surface area contributed by atoms with Gasteiger partial charge in [0.25, 0.3) is 0 Å².